The molecule has 0 radical (unpaired) electrons. The molecule has 9 unspecified atom stereocenters. The van der Waals surface area contributed by atoms with E-state index in [0.717, 1.165) is 38.5 Å². The zero-order valence-electron chi connectivity index (χ0n) is 74.7. The largest absolute Gasteiger partial charge is 0.781 e. The average Bonchev–Trinajstić information content (AvgIpc) is 1.63. The third-order valence-corrected chi connectivity index (χ3v) is 29.6. The Morgan fingerprint density at radius 1 is 0.507 bits per heavy atom. The van der Waals surface area contributed by atoms with E-state index in [2.05, 4.69) is 35.2 Å². The number of aromatic nitrogens is 10. The summed E-state index contributed by atoms with van der Waals surface area (Å²) in [6.07, 6.45) is -12.0. The first-order valence-corrected chi connectivity index (χ1v) is 54.1. The van der Waals surface area contributed by atoms with Gasteiger partial charge in [0.1, 0.15) is 61.5 Å². The van der Waals surface area contributed by atoms with Crippen LogP contribution in [-0.4, -0.2) is 207 Å². The summed E-state index contributed by atoms with van der Waals surface area (Å²) >= 11 is 21.7. The van der Waals surface area contributed by atoms with Crippen LogP contribution in [0.15, 0.2) is 173 Å². The summed E-state index contributed by atoms with van der Waals surface area (Å²) in [6.45, 7) is 3.15. The van der Waals surface area contributed by atoms with E-state index >= 15 is 0 Å². The Bertz CT molecular complexity index is 7060. The fraction of sp³-hybridized carbons (Fsp3) is 0.412. The van der Waals surface area contributed by atoms with E-state index in [1.54, 1.807) is 43.3 Å². The number of hydrogen-bond donors (Lipinski definition) is 10. The van der Waals surface area contributed by atoms with Crippen molar-refractivity contribution in [2.75, 3.05) is 52.9 Å². The molecule has 0 spiro atoms. The number of nitrogens with zero attached hydrogens (tertiary/aromatic N) is 6. The number of phosphoric acid groups is 4. The number of nitrogens with one attached hydrogen (secondary N) is 5. The Labute approximate surface area is 838 Å². The molecule has 0 aliphatic carbocycles. The van der Waals surface area contributed by atoms with Gasteiger partial charge in [0.05, 0.1) is 75.0 Å². The number of carboxylic acid groups (broad SMARTS) is 1. The number of H-pyrrole nitrogens is 4. The van der Waals surface area contributed by atoms with Crippen LogP contribution < -0.4 is 49.5 Å². The number of rotatable bonds is 42. The van der Waals surface area contributed by atoms with E-state index < -0.39 is 230 Å². The van der Waals surface area contributed by atoms with Crippen LogP contribution in [0, 0.1) is 20.8 Å². The fourth-order valence-electron chi connectivity index (χ4n) is 14.3. The molecule has 9 aromatic rings. The Morgan fingerprint density at radius 3 is 1.32 bits per heavy atom. The Hall–Kier alpha value is -8.98. The maximum absolute atomic E-state index is 14.6. The van der Waals surface area contributed by atoms with Crippen LogP contribution in [0.2, 0.25) is 0 Å². The topological polar surface area (TPSA) is 698 Å². The van der Waals surface area contributed by atoms with Gasteiger partial charge in [-0.05, 0) is 98.7 Å². The summed E-state index contributed by atoms with van der Waals surface area (Å²) in [4.78, 5) is 178. The number of carbonyl (C=O) groups excluding carboxylic acids is 1. The minimum atomic E-state index is -5.43. The molecule has 13 rings (SSSR count). The van der Waals surface area contributed by atoms with E-state index in [4.69, 9.17) is 137 Å². The number of aromatic carboxylic acids is 1. The van der Waals surface area contributed by atoms with Crippen molar-refractivity contribution in [3.8, 4) is 0 Å². The normalized spacial score (nSPS) is 22.5. The van der Waals surface area contributed by atoms with Gasteiger partial charge in [0.15, 0.2) is 11.2 Å². The van der Waals surface area contributed by atoms with Crippen molar-refractivity contribution in [3.05, 3.63) is 257 Å². The van der Waals surface area contributed by atoms with Gasteiger partial charge in [-0.25, -0.2) is 42.8 Å². The number of benzene rings is 4. The van der Waals surface area contributed by atoms with Crippen LogP contribution in [-0.2, 0) is 175 Å². The van der Waals surface area contributed by atoms with Gasteiger partial charge < -0.3 is 123 Å². The quantitative estimate of drug-likeness (QED) is 0.00528. The number of unbranched alkanes of at least 4 members (excludes halogenated alkanes) is 2. The molecule has 17 atom stereocenters. The predicted molar refractivity (Wildman–Crippen MR) is 503 cm³/mol. The van der Waals surface area contributed by atoms with Gasteiger partial charge in [0.25, 0.3) is 46.1 Å². The van der Waals surface area contributed by atoms with Crippen LogP contribution in [0.1, 0.15) is 149 Å². The number of amides is 1. The molecule has 4 saturated heterocycles. The van der Waals surface area contributed by atoms with Gasteiger partial charge in [-0.3, -0.25) is 98.0 Å². The smallest absolute Gasteiger partial charge is 0.472 e. The molecule has 5 aromatic heterocycles. The monoisotopic (exact) mass is 2230 g/mol. The molecule has 0 bridgehead atoms. The maximum atomic E-state index is 14.6. The van der Waals surface area contributed by atoms with Crippen LogP contribution in [0.25, 0.3) is 30.8 Å². The van der Waals surface area contributed by atoms with Gasteiger partial charge in [0.2, 0.25) is 0 Å². The number of ether oxygens (including phenoxy) is 4. The summed E-state index contributed by atoms with van der Waals surface area (Å²) in [5.74, 6) is -1.45. The van der Waals surface area contributed by atoms with Crippen LogP contribution >= 0.6 is 38.9 Å². The zero-order chi connectivity index (χ0) is 103. The minimum absolute atomic E-state index is 0. The number of fused-ring (bicyclic) bond motifs is 1. The van der Waals surface area contributed by atoms with Crippen molar-refractivity contribution in [2.24, 2.45) is 0 Å². The molecule has 1 amide bonds. The second-order valence-electron chi connectivity index (χ2n) is 31.5. The van der Waals surface area contributed by atoms with Gasteiger partial charge >= 0.3 is 64.7 Å². The summed E-state index contributed by atoms with van der Waals surface area (Å²) in [7, 11) is -32.7. The van der Waals surface area contributed by atoms with Crippen molar-refractivity contribution in [1.29, 1.82) is 0 Å². The van der Waals surface area contributed by atoms with E-state index in [1.165, 1.54) is 80.5 Å². The molecular formula is C80H91N11NiO39P5S6-5. The van der Waals surface area contributed by atoms with Crippen LogP contribution in [0.5, 0.6) is 0 Å². The molecule has 0 saturated carbocycles. The molecule has 62 heteroatoms. The van der Waals surface area contributed by atoms with Gasteiger partial charge in [0, 0.05) is 103 Å². The summed E-state index contributed by atoms with van der Waals surface area (Å²) in [5, 5.41) is 11.6. The van der Waals surface area contributed by atoms with E-state index in [9.17, 15) is 94.0 Å². The standard InChI is InChI=1S/C65H84N11O31P5S2.C15H12O5S3.Ni.O3S/c1-6-7-21-96-110(88,89)106-45-26-51(74-29-37(3)59(78)71-64(74)83)102-49(45)33-99-111(90,91)105-43-24-50(73-28-36(2)58(77)70-63(73)82)100-42(43)19-23-94-108(5,85)104-44-25-53(76-35-69-54-57(76)67-34-68-62(54)81)103-47(44)32-98-112(92,93)107-46-27-52(75-30-38(4)60(79)72-65(75)84)101-48(46)31-97-109(86,87)95-22-12-11-20-66-61(80)41-17-15-40(16-18-41)56(114)55(113)39-13-9-8-10-14-39;16-15(17)11-3-1-9(2-4-11)13(21)14(22)10-5-7-12(8-6-10)23(18,19)20;;1-4(2)3/h8-10,13-18,28-30,34-35,42-53,113-114H,6-7,11-12,19-27,31-33H2,1-5H3,(H,66,80)(H,86,87)(H,88,89)(H,90,91)(H,92,93)(H,67,68,81)(H,70,77,82)(H,71,78,83)(H,72,79,84);1-8,21-22H,(H,16,17)(H,18,19,20);;/p-5/t42-,43?,44?,45?,46?,47-,48-,49-,50-,51-,52-,53-,108?;;;/m1.../s1. The van der Waals surface area contributed by atoms with Crippen LogP contribution in [0.4, 0.5) is 0 Å². The third-order valence-electron chi connectivity index (χ3n) is 21.4. The molecule has 10 N–H and O–H groups in total. The molecule has 142 heavy (non-hydrogen) atoms. The molecule has 50 nitrogen and oxygen atoms in total. The summed E-state index contributed by atoms with van der Waals surface area (Å²) < 4.78 is 209. The molecule has 4 aliphatic rings. The summed E-state index contributed by atoms with van der Waals surface area (Å²) in [6, 6.07) is 27.1. The van der Waals surface area contributed by atoms with E-state index in [-0.39, 0.29) is 100 Å². The van der Waals surface area contributed by atoms with Crippen molar-refractivity contribution in [2.45, 2.75) is 164 Å². The number of imidazole rings is 1. The Balaban J connectivity index is 0.000000639. The number of carboxylic acids is 1. The van der Waals surface area contributed by atoms with Crippen molar-refractivity contribution in [3.63, 3.8) is 0 Å². The number of hydrogen-bond acceptors (Lipinski definition) is 40. The van der Waals surface area contributed by atoms with Gasteiger partial charge in [-0.1, -0.05) is 80.1 Å². The molecule has 4 fully saturated rings. The molecule has 776 valence electrons. The first-order chi connectivity index (χ1) is 66.4. The number of carbonyl (C=O) groups is 2. The predicted octanol–water partition coefficient (Wildman–Crippen LogP) is 5.94. The molecule has 9 heterocycles. The molecule has 4 aliphatic heterocycles. The number of aromatic amines is 4. The zero-order valence-corrected chi connectivity index (χ0v) is 85.1. The average molecular weight is 2240 g/mol. The van der Waals surface area contributed by atoms with Crippen molar-refractivity contribution in [1.82, 2.24) is 53.5 Å². The first kappa shape index (κ1) is 115. The maximum Gasteiger partial charge on any atom is 0.472 e. The third kappa shape index (κ3) is 32.0. The van der Waals surface area contributed by atoms with Gasteiger partial charge in [-0.15, -0.1) is 12.6 Å². The van der Waals surface area contributed by atoms with Crippen molar-refractivity contribution >= 4 is 153 Å². The first-order valence-electron chi connectivity index (χ1n) is 42.1. The minimum Gasteiger partial charge on any atom is -0.781 e. The van der Waals surface area contributed by atoms with E-state index in [0.29, 0.717) is 54.7 Å². The second-order valence-corrected chi connectivity index (χ2v) is 42.6. The number of phosphoric ester groups is 4. The summed E-state index contributed by atoms with van der Waals surface area (Å²) in [5.41, 5.74) is -2.61. The van der Waals surface area contributed by atoms with Gasteiger partial charge in [-0.2, -0.15) is 28.0 Å². The van der Waals surface area contributed by atoms with Crippen molar-refractivity contribution < 1.29 is 163 Å². The SMILES string of the molecule is CCCCOP(=O)(O)OC1C[C@H](n2cc(C)c(=O)[nH]c2=O)O[C@@H]1COP(=O)(O)OC1C[C@H](n2cc(C)c(=O)[nH]c2=O)O[C@@H]1CCOP(C)(=O)OC1C[C@H](n2cnc3c(=O)[nH]cnc32)O[C@@H]1COP(=O)(O)OC1C[C@H](n2cc(C)c(=O)[nH]c2=O)O[C@@H]1COP(=O)([O-])OCCCCNC(=O)c1ccc(C([S-])=C([S-])c2ccccc2)cc1.O=C(O)c1ccc(C([S-])=C([S-])c2ccc(S(=O)(=O)O)cc2)cc1.O=S(=O)=O.[Ni]. The fourth-order valence-corrected chi connectivity index (χ4v) is 20.7. The van der Waals surface area contributed by atoms with Crippen LogP contribution in [0.3, 0.4) is 0 Å². The molecule has 4 aromatic carbocycles. The Morgan fingerprint density at radius 2 is 0.887 bits per heavy atom. The van der Waals surface area contributed by atoms with E-state index in [1.807, 2.05) is 30.3 Å². The Kier molecular flexibility index (Phi) is 40.8. The number of aryl methyl sites for hydroxylation is 3. The second kappa shape index (κ2) is 50.4. The molecular weight excluding hydrogens is 2140 g/mol.